The lowest BCUT2D eigenvalue weighted by Gasteiger charge is -2.04. The lowest BCUT2D eigenvalue weighted by Crippen LogP contribution is -2.17. The Morgan fingerprint density at radius 1 is 1.06 bits per heavy atom. The molecule has 0 aromatic heterocycles. The molecule has 1 aromatic carbocycles. The van der Waals surface area contributed by atoms with E-state index in [1.807, 2.05) is 0 Å². The number of benzene rings is 1. The highest BCUT2D eigenvalue weighted by molar-refractivity contribution is 5.18. The van der Waals surface area contributed by atoms with Crippen molar-refractivity contribution in [3.63, 3.8) is 0 Å². The van der Waals surface area contributed by atoms with Gasteiger partial charge >= 0.3 is 0 Å². The Labute approximate surface area is 108 Å². The molecule has 0 spiro atoms. The van der Waals surface area contributed by atoms with E-state index in [-0.39, 0.29) is 11.6 Å². The van der Waals surface area contributed by atoms with Gasteiger partial charge in [-0.25, -0.2) is 8.78 Å². The van der Waals surface area contributed by atoms with Crippen LogP contribution < -0.4 is 5.32 Å². The first-order valence-electron chi connectivity index (χ1n) is 6.93. The van der Waals surface area contributed by atoms with Crippen molar-refractivity contribution in [3.8, 4) is 0 Å². The third kappa shape index (κ3) is 4.73. The molecule has 0 amide bonds. The van der Waals surface area contributed by atoms with E-state index >= 15 is 0 Å². The molecule has 0 saturated heterocycles. The number of hydrogen-bond donors (Lipinski definition) is 1. The molecule has 1 aliphatic rings. The summed E-state index contributed by atoms with van der Waals surface area (Å²) in [5, 5.41) is 3.47. The molecule has 2 rings (SSSR count). The summed E-state index contributed by atoms with van der Waals surface area (Å²) < 4.78 is 26.2. The first-order valence-corrected chi connectivity index (χ1v) is 6.93. The summed E-state index contributed by atoms with van der Waals surface area (Å²) in [6, 6.07) is 4.47. The second kappa shape index (κ2) is 6.83. The van der Waals surface area contributed by atoms with Gasteiger partial charge in [-0.15, -0.1) is 0 Å². The van der Waals surface area contributed by atoms with Gasteiger partial charge in [-0.1, -0.05) is 12.8 Å². The highest BCUT2D eigenvalue weighted by Crippen LogP contribution is 2.18. The van der Waals surface area contributed by atoms with Crippen LogP contribution in [0.15, 0.2) is 18.2 Å². The van der Waals surface area contributed by atoms with Crippen molar-refractivity contribution in [2.24, 2.45) is 0 Å². The van der Waals surface area contributed by atoms with Gasteiger partial charge in [0.1, 0.15) is 11.6 Å². The minimum atomic E-state index is -0.347. The molecule has 0 bridgehead atoms. The zero-order chi connectivity index (χ0) is 12.8. The molecular weight excluding hydrogens is 232 g/mol. The van der Waals surface area contributed by atoms with E-state index in [0.29, 0.717) is 12.0 Å². The van der Waals surface area contributed by atoms with Crippen LogP contribution in [0.2, 0.25) is 0 Å². The smallest absolute Gasteiger partial charge is 0.126 e. The highest BCUT2D eigenvalue weighted by Gasteiger charge is 2.19. The van der Waals surface area contributed by atoms with Gasteiger partial charge in [0, 0.05) is 6.04 Å². The molecule has 0 radical (unpaired) electrons. The number of nitrogens with one attached hydrogen (secondary N) is 1. The van der Waals surface area contributed by atoms with E-state index in [2.05, 4.69) is 5.32 Å². The Morgan fingerprint density at radius 3 is 2.61 bits per heavy atom. The maximum Gasteiger partial charge on any atom is 0.126 e. The maximum atomic E-state index is 13.3. The van der Waals surface area contributed by atoms with Crippen LogP contribution in [0.1, 0.15) is 44.1 Å². The molecule has 1 saturated carbocycles. The minimum absolute atomic E-state index is 0.285. The number of unbranched alkanes of at least 4 members (excludes halogenated alkanes) is 3. The van der Waals surface area contributed by atoms with Crippen LogP contribution in [0.5, 0.6) is 0 Å². The van der Waals surface area contributed by atoms with Gasteiger partial charge in [-0.3, -0.25) is 0 Å². The van der Waals surface area contributed by atoms with Crippen LogP contribution in [0.25, 0.3) is 0 Å². The molecule has 1 fully saturated rings. The zero-order valence-corrected chi connectivity index (χ0v) is 10.7. The summed E-state index contributed by atoms with van der Waals surface area (Å²) in [5.41, 5.74) is 0.506. The Bertz CT molecular complexity index is 375. The second-order valence-electron chi connectivity index (χ2n) is 5.13. The first kappa shape index (κ1) is 13.5. The van der Waals surface area contributed by atoms with Crippen molar-refractivity contribution in [2.45, 2.75) is 51.0 Å². The van der Waals surface area contributed by atoms with E-state index in [0.717, 1.165) is 31.8 Å². The molecule has 3 heteroatoms. The third-order valence-electron chi connectivity index (χ3n) is 3.39. The average Bonchev–Trinajstić information content (AvgIpc) is 3.16. The molecule has 1 aliphatic carbocycles. The van der Waals surface area contributed by atoms with Crippen molar-refractivity contribution in [1.82, 2.24) is 5.32 Å². The molecule has 1 aromatic rings. The maximum absolute atomic E-state index is 13.3. The monoisotopic (exact) mass is 253 g/mol. The van der Waals surface area contributed by atoms with E-state index in [1.54, 1.807) is 0 Å². The Balaban J connectivity index is 1.55. The Hall–Kier alpha value is -0.960. The third-order valence-corrected chi connectivity index (χ3v) is 3.39. The molecule has 0 atom stereocenters. The molecule has 0 heterocycles. The lowest BCUT2D eigenvalue weighted by molar-refractivity contribution is 0.562. The van der Waals surface area contributed by atoms with Crippen LogP contribution >= 0.6 is 0 Å². The van der Waals surface area contributed by atoms with Crippen molar-refractivity contribution in [3.05, 3.63) is 35.4 Å². The fourth-order valence-corrected chi connectivity index (χ4v) is 2.12. The standard InChI is InChI=1S/C15H21F2N/c16-13-6-9-15(17)12(11-13)5-3-1-2-4-10-18-14-7-8-14/h6,9,11,14,18H,1-5,7-8,10H2. The first-order chi connectivity index (χ1) is 8.75. The van der Waals surface area contributed by atoms with Crippen LogP contribution in [0, 0.1) is 11.6 Å². The van der Waals surface area contributed by atoms with E-state index in [1.165, 1.54) is 37.5 Å². The van der Waals surface area contributed by atoms with Gasteiger partial charge < -0.3 is 5.32 Å². The fourth-order valence-electron chi connectivity index (χ4n) is 2.12. The summed E-state index contributed by atoms with van der Waals surface area (Å²) >= 11 is 0. The van der Waals surface area contributed by atoms with E-state index in [4.69, 9.17) is 0 Å². The van der Waals surface area contributed by atoms with Crippen LogP contribution in [-0.4, -0.2) is 12.6 Å². The van der Waals surface area contributed by atoms with Crippen molar-refractivity contribution in [1.29, 1.82) is 0 Å². The molecule has 18 heavy (non-hydrogen) atoms. The van der Waals surface area contributed by atoms with Gasteiger partial charge in [0.05, 0.1) is 0 Å². The Kier molecular flexibility index (Phi) is 5.12. The molecule has 1 N–H and O–H groups in total. The quantitative estimate of drug-likeness (QED) is 0.694. The van der Waals surface area contributed by atoms with Crippen LogP contribution in [0.3, 0.4) is 0 Å². The topological polar surface area (TPSA) is 12.0 Å². The average molecular weight is 253 g/mol. The van der Waals surface area contributed by atoms with Gasteiger partial charge in [0.2, 0.25) is 0 Å². The fraction of sp³-hybridized carbons (Fsp3) is 0.600. The summed E-state index contributed by atoms with van der Waals surface area (Å²) in [7, 11) is 0. The number of aryl methyl sites for hydroxylation is 1. The number of halogens is 2. The van der Waals surface area contributed by atoms with Crippen LogP contribution in [-0.2, 0) is 6.42 Å². The largest absolute Gasteiger partial charge is 0.314 e. The van der Waals surface area contributed by atoms with Gasteiger partial charge in [-0.05, 0) is 62.4 Å². The molecule has 0 unspecified atom stereocenters. The second-order valence-corrected chi connectivity index (χ2v) is 5.13. The predicted molar refractivity (Wildman–Crippen MR) is 69.6 cm³/mol. The van der Waals surface area contributed by atoms with Crippen molar-refractivity contribution in [2.75, 3.05) is 6.54 Å². The number of hydrogen-bond acceptors (Lipinski definition) is 1. The predicted octanol–water partition coefficient (Wildman–Crippen LogP) is 3.82. The Morgan fingerprint density at radius 2 is 1.83 bits per heavy atom. The molecule has 0 aliphatic heterocycles. The molecule has 1 nitrogen and oxygen atoms in total. The molecular formula is C15H21F2N. The summed E-state index contributed by atoms with van der Waals surface area (Å²) in [6.07, 6.45) is 7.67. The van der Waals surface area contributed by atoms with Crippen molar-refractivity contribution >= 4 is 0 Å². The summed E-state index contributed by atoms with van der Waals surface area (Å²) in [4.78, 5) is 0. The minimum Gasteiger partial charge on any atom is -0.314 e. The summed E-state index contributed by atoms with van der Waals surface area (Å²) in [6.45, 7) is 1.10. The normalized spacial score (nSPS) is 15.0. The molecule has 100 valence electrons. The number of rotatable bonds is 8. The van der Waals surface area contributed by atoms with Gasteiger partial charge in [-0.2, -0.15) is 0 Å². The SMILES string of the molecule is Fc1ccc(F)c(CCCCCCNC2CC2)c1. The van der Waals surface area contributed by atoms with E-state index in [9.17, 15) is 8.78 Å². The van der Waals surface area contributed by atoms with Crippen LogP contribution in [0.4, 0.5) is 8.78 Å². The van der Waals surface area contributed by atoms with E-state index < -0.39 is 0 Å². The zero-order valence-electron chi connectivity index (χ0n) is 10.7. The van der Waals surface area contributed by atoms with Crippen molar-refractivity contribution < 1.29 is 8.78 Å². The van der Waals surface area contributed by atoms with Gasteiger partial charge in [0.25, 0.3) is 0 Å². The van der Waals surface area contributed by atoms with Gasteiger partial charge in [0.15, 0.2) is 0 Å². The highest BCUT2D eigenvalue weighted by atomic mass is 19.1. The lowest BCUT2D eigenvalue weighted by atomic mass is 10.1. The summed E-state index contributed by atoms with van der Waals surface area (Å²) in [5.74, 6) is -0.633.